The number of carbonyl (C=O) groups excluding carboxylic acids is 4. The van der Waals surface area contributed by atoms with Crippen LogP contribution in [0.5, 0.6) is 0 Å². The summed E-state index contributed by atoms with van der Waals surface area (Å²) in [5.74, 6) is 0.524. The third-order valence-corrected chi connectivity index (χ3v) is 15.7. The maximum absolute atomic E-state index is 14.6. The summed E-state index contributed by atoms with van der Waals surface area (Å²) in [7, 11) is 1.68. The number of hydrogen-bond acceptors (Lipinski definition) is 11. The molecule has 0 bridgehead atoms. The van der Waals surface area contributed by atoms with E-state index in [4.69, 9.17) is 0 Å². The Morgan fingerprint density at radius 2 is 1.49 bits per heavy atom. The molecule has 8 heterocycles. The highest BCUT2D eigenvalue weighted by molar-refractivity contribution is 6.05. The minimum Gasteiger partial charge on any atom is -0.380 e. The van der Waals surface area contributed by atoms with Crippen LogP contribution in [0.4, 0.5) is 24.5 Å². The molecule has 0 aliphatic carbocycles. The fraction of sp³-hybridized carbons (Fsp3) is 0.415. The smallest absolute Gasteiger partial charge is 0.380 e. The van der Waals surface area contributed by atoms with Crippen molar-refractivity contribution in [3.8, 4) is 5.69 Å². The fourth-order valence-electron chi connectivity index (χ4n) is 11.7. The van der Waals surface area contributed by atoms with Gasteiger partial charge in [0, 0.05) is 114 Å². The summed E-state index contributed by atoms with van der Waals surface area (Å²) in [5, 5.41) is 21.1. The number of aliphatic hydroxyl groups is 1. The van der Waals surface area contributed by atoms with Gasteiger partial charge in [0.05, 0.1) is 16.8 Å². The predicted octanol–water partition coefficient (Wildman–Crippen LogP) is 5.17. The summed E-state index contributed by atoms with van der Waals surface area (Å²) in [4.78, 5) is 75.1. The molecule has 4 amide bonds. The van der Waals surface area contributed by atoms with Crippen LogP contribution in [0.3, 0.4) is 0 Å². The van der Waals surface area contributed by atoms with Crippen LogP contribution in [0.15, 0.2) is 96.3 Å². The number of nitrogens with one attached hydrogen (secondary N) is 1. The van der Waals surface area contributed by atoms with Crippen molar-refractivity contribution in [2.24, 2.45) is 18.9 Å². The quantitative estimate of drug-likeness (QED) is 0.174. The fourth-order valence-corrected chi connectivity index (χ4v) is 11.7. The Kier molecular flexibility index (Phi) is 12.7. The van der Waals surface area contributed by atoms with Crippen molar-refractivity contribution in [1.82, 2.24) is 43.7 Å². The van der Waals surface area contributed by atoms with Gasteiger partial charge in [-0.2, -0.15) is 13.2 Å². The molecular formula is C53H56F3N11O6. The van der Waals surface area contributed by atoms with Gasteiger partial charge in [-0.3, -0.25) is 38.4 Å². The van der Waals surface area contributed by atoms with Crippen LogP contribution in [0, 0.1) is 11.8 Å². The number of likely N-dealkylation sites (tertiary alicyclic amines) is 1. The van der Waals surface area contributed by atoms with E-state index in [-0.39, 0.29) is 42.0 Å². The number of piperidine rings is 3. The second-order valence-electron chi connectivity index (χ2n) is 20.1. The standard InChI is InChI=1S/C53H56F3N11O6/c1-60-32-57-59-48(60)47(69)37-3-2-4-41(26-37)65-31-45-43(53(54,55)56)25-33(29-67(45)52(65)73)28-61-21-23-63(24-22-61)39-7-5-36(6-8-39)50(71)64-19-15-35(16-20-64)34-13-17-62(18-14-34)40-9-10-42-38(27-40)30-66(51(42)72)44-11-12-46(68)58-49(44)70/h2-10,25-27,29,31-32,34-35,44,47,69H,11-24,28,30H2,1H3,(H,58,68,70)/t44-,47+/m0/s1. The van der Waals surface area contributed by atoms with Gasteiger partial charge in [0.1, 0.15) is 18.5 Å². The summed E-state index contributed by atoms with van der Waals surface area (Å²) >= 11 is 0. The summed E-state index contributed by atoms with van der Waals surface area (Å²) in [6, 6.07) is 20.5. The molecule has 2 N–H and O–H groups in total. The Balaban J connectivity index is 0.659. The van der Waals surface area contributed by atoms with E-state index < -0.39 is 35.5 Å². The number of imide groups is 1. The number of carbonyl (C=O) groups is 4. The van der Waals surface area contributed by atoms with Crippen LogP contribution >= 0.6 is 0 Å². The summed E-state index contributed by atoms with van der Waals surface area (Å²) < 4.78 is 47.6. The lowest BCUT2D eigenvalue weighted by Crippen LogP contribution is -2.52. The van der Waals surface area contributed by atoms with Crippen molar-refractivity contribution in [2.75, 3.05) is 62.2 Å². The number of aryl methyl sites for hydroxylation is 1. The van der Waals surface area contributed by atoms with Gasteiger partial charge >= 0.3 is 11.9 Å². The molecule has 73 heavy (non-hydrogen) atoms. The van der Waals surface area contributed by atoms with E-state index in [0.29, 0.717) is 92.0 Å². The normalized spacial score (nSPS) is 20.0. The first-order valence-electron chi connectivity index (χ1n) is 25.0. The SMILES string of the molecule is Cn1cnnc1[C@H](O)c1cccc(-n2cc3c(C(F)(F)F)cc(CN4CCN(c5ccc(C(=O)N6CCC(C7CCN(c8ccc9c(c8)CN([C@H]8CCC(=O)NC8=O)C9=O)CC7)CC6)cc5)CC4)cn3c2=O)c1. The summed E-state index contributed by atoms with van der Waals surface area (Å²) in [5.41, 5.74) is 3.38. The number of alkyl halides is 3. The van der Waals surface area contributed by atoms with Crippen molar-refractivity contribution >= 4 is 40.5 Å². The summed E-state index contributed by atoms with van der Waals surface area (Å²) in [6.07, 6.45) is 2.78. The molecule has 4 fully saturated rings. The maximum Gasteiger partial charge on any atom is 0.418 e. The van der Waals surface area contributed by atoms with Crippen LogP contribution in [0.2, 0.25) is 0 Å². The number of hydrogen-bond donors (Lipinski definition) is 2. The largest absolute Gasteiger partial charge is 0.418 e. The zero-order valence-electron chi connectivity index (χ0n) is 40.4. The molecule has 0 spiro atoms. The van der Waals surface area contributed by atoms with Gasteiger partial charge in [-0.05, 0) is 121 Å². The lowest BCUT2D eigenvalue weighted by atomic mass is 9.78. The first-order valence-corrected chi connectivity index (χ1v) is 25.0. The van der Waals surface area contributed by atoms with E-state index in [1.807, 2.05) is 41.3 Å². The number of anilines is 2. The van der Waals surface area contributed by atoms with Crippen molar-refractivity contribution in [3.63, 3.8) is 0 Å². The van der Waals surface area contributed by atoms with Crippen molar-refractivity contribution < 1.29 is 37.5 Å². The number of halogens is 3. The molecule has 11 rings (SSSR count). The highest BCUT2D eigenvalue weighted by atomic mass is 19.4. The van der Waals surface area contributed by atoms with E-state index in [9.17, 15) is 42.3 Å². The number of fused-ring (bicyclic) bond motifs is 2. The Bertz CT molecular complexity index is 3160. The molecule has 3 aromatic heterocycles. The third-order valence-electron chi connectivity index (χ3n) is 15.7. The lowest BCUT2D eigenvalue weighted by Gasteiger charge is -2.41. The Hall–Kier alpha value is -7.32. The molecule has 4 saturated heterocycles. The molecule has 5 aliphatic heterocycles. The zero-order valence-corrected chi connectivity index (χ0v) is 40.4. The maximum atomic E-state index is 14.6. The minimum absolute atomic E-state index is 0.0196. The van der Waals surface area contributed by atoms with Crippen molar-refractivity contribution in [3.05, 3.63) is 141 Å². The molecule has 3 aromatic carbocycles. The molecule has 6 aromatic rings. The van der Waals surface area contributed by atoms with Crippen LogP contribution in [0.1, 0.15) is 93.4 Å². The van der Waals surface area contributed by atoms with Crippen LogP contribution < -0.4 is 20.8 Å². The van der Waals surface area contributed by atoms with E-state index in [1.54, 1.807) is 40.8 Å². The van der Waals surface area contributed by atoms with Gasteiger partial charge in [0.2, 0.25) is 11.8 Å². The Labute approximate surface area is 418 Å². The average molecular weight is 1000 g/mol. The number of piperazine rings is 1. The Morgan fingerprint density at radius 3 is 2.18 bits per heavy atom. The lowest BCUT2D eigenvalue weighted by molar-refractivity contribution is -0.137. The monoisotopic (exact) mass is 999 g/mol. The first kappa shape index (κ1) is 48.0. The molecule has 0 saturated carbocycles. The van der Waals surface area contributed by atoms with Crippen molar-refractivity contribution in [1.29, 1.82) is 0 Å². The molecular weight excluding hydrogens is 944 g/mol. The number of rotatable bonds is 10. The number of aromatic nitrogens is 5. The van der Waals surface area contributed by atoms with Gasteiger partial charge in [-0.1, -0.05) is 12.1 Å². The average Bonchev–Trinajstić information content (AvgIpc) is 4.09. The molecule has 0 unspecified atom stereocenters. The van der Waals surface area contributed by atoms with E-state index >= 15 is 0 Å². The predicted molar refractivity (Wildman–Crippen MR) is 263 cm³/mol. The molecule has 0 radical (unpaired) electrons. The number of benzene rings is 3. The molecule has 2 atom stereocenters. The zero-order chi connectivity index (χ0) is 50.7. The van der Waals surface area contributed by atoms with Crippen molar-refractivity contribution in [2.45, 2.75) is 69.9 Å². The van der Waals surface area contributed by atoms with E-state index in [2.05, 4.69) is 36.3 Å². The topological polar surface area (TPSA) is 174 Å². The highest BCUT2D eigenvalue weighted by Crippen LogP contribution is 2.38. The molecule has 20 heteroatoms. The first-order chi connectivity index (χ1) is 35.2. The second-order valence-corrected chi connectivity index (χ2v) is 20.1. The third kappa shape index (κ3) is 9.37. The van der Waals surface area contributed by atoms with Crippen LogP contribution in [0.25, 0.3) is 11.2 Å². The number of nitrogens with zero attached hydrogens (tertiary/aromatic N) is 10. The van der Waals surface area contributed by atoms with Gasteiger partial charge in [-0.25, -0.2) is 4.79 Å². The molecule has 380 valence electrons. The number of amides is 4. The van der Waals surface area contributed by atoms with E-state index in [1.165, 1.54) is 18.7 Å². The molecule has 5 aliphatic rings. The number of aliphatic hydroxyl groups excluding tert-OH is 1. The van der Waals surface area contributed by atoms with Gasteiger partial charge < -0.3 is 29.3 Å². The van der Waals surface area contributed by atoms with Gasteiger partial charge in [0.25, 0.3) is 11.8 Å². The van der Waals surface area contributed by atoms with Crippen LogP contribution in [-0.4, -0.2) is 126 Å². The highest BCUT2D eigenvalue weighted by Gasteiger charge is 2.40. The number of imidazole rings is 1. The second kappa shape index (κ2) is 19.3. The Morgan fingerprint density at radius 1 is 0.795 bits per heavy atom. The van der Waals surface area contributed by atoms with E-state index in [0.717, 1.165) is 70.7 Å². The minimum atomic E-state index is -4.72. The van der Waals surface area contributed by atoms with Crippen LogP contribution in [-0.2, 0) is 35.9 Å². The summed E-state index contributed by atoms with van der Waals surface area (Å²) in [6.45, 7) is 6.20. The molecule has 17 nitrogen and oxygen atoms in total. The number of pyridine rings is 1. The van der Waals surface area contributed by atoms with Gasteiger partial charge in [-0.15, -0.1) is 10.2 Å². The van der Waals surface area contributed by atoms with Gasteiger partial charge in [0.15, 0.2) is 5.82 Å².